The molecule has 0 spiro atoms. The van der Waals surface area contributed by atoms with E-state index in [-0.39, 0.29) is 5.91 Å². The van der Waals surface area contributed by atoms with Crippen molar-refractivity contribution in [2.75, 3.05) is 18.1 Å². The standard InChI is InChI=1S/C27H26ClN5O2S2/c1-27(2,36-3)26(34)29-11-13-33-12-9-20-24(33)25(31-16-30-20)32-17-7-8-22(19(28)15-17)35-21-5-4-6-23-18(21)10-14-37-23/h4-10,12,14-16H,11,13H2,1-3H3,(H,29,34)(H,30,31,32). The minimum absolute atomic E-state index is 0.0123. The largest absolute Gasteiger partial charge is 0.455 e. The minimum atomic E-state index is -0.472. The Morgan fingerprint density at radius 1 is 1.16 bits per heavy atom. The molecule has 0 fully saturated rings. The highest BCUT2D eigenvalue weighted by Gasteiger charge is 2.25. The number of fused-ring (bicyclic) bond motifs is 2. The van der Waals surface area contributed by atoms with Crippen LogP contribution in [0.25, 0.3) is 21.1 Å². The fraction of sp³-hybridized carbons (Fsp3) is 0.222. The van der Waals surface area contributed by atoms with Gasteiger partial charge in [0.15, 0.2) is 5.82 Å². The quantitative estimate of drug-likeness (QED) is 0.203. The number of benzene rings is 2. The minimum Gasteiger partial charge on any atom is -0.455 e. The summed E-state index contributed by atoms with van der Waals surface area (Å²) < 4.78 is 8.86. The first-order valence-corrected chi connectivity index (χ1v) is 14.2. The smallest absolute Gasteiger partial charge is 0.235 e. The first-order chi connectivity index (χ1) is 17.9. The molecule has 10 heteroatoms. The number of hydrogen-bond donors (Lipinski definition) is 2. The van der Waals surface area contributed by atoms with E-state index in [0.717, 1.165) is 32.6 Å². The van der Waals surface area contributed by atoms with Crippen molar-refractivity contribution in [2.45, 2.75) is 25.1 Å². The number of nitrogens with zero attached hydrogens (tertiary/aromatic N) is 3. The van der Waals surface area contributed by atoms with Crippen molar-refractivity contribution >= 4 is 73.2 Å². The average molecular weight is 552 g/mol. The molecule has 7 nitrogen and oxygen atoms in total. The molecule has 37 heavy (non-hydrogen) atoms. The molecule has 3 aromatic heterocycles. The van der Waals surface area contributed by atoms with Gasteiger partial charge >= 0.3 is 0 Å². The van der Waals surface area contributed by atoms with Crippen LogP contribution in [0.4, 0.5) is 11.5 Å². The Labute approximate surface area is 228 Å². The van der Waals surface area contributed by atoms with E-state index in [4.69, 9.17) is 16.3 Å². The highest BCUT2D eigenvalue weighted by atomic mass is 35.5. The summed E-state index contributed by atoms with van der Waals surface area (Å²) in [5, 5.41) is 9.97. The number of thioether (sulfide) groups is 1. The monoisotopic (exact) mass is 551 g/mol. The van der Waals surface area contributed by atoms with E-state index in [0.29, 0.717) is 29.7 Å². The molecule has 0 aliphatic rings. The molecule has 0 saturated carbocycles. The lowest BCUT2D eigenvalue weighted by Gasteiger charge is -2.21. The normalized spacial score (nSPS) is 11.7. The first kappa shape index (κ1) is 25.4. The Kier molecular flexibility index (Phi) is 7.28. The molecule has 0 bridgehead atoms. The number of halogens is 1. The van der Waals surface area contributed by atoms with Gasteiger partial charge < -0.3 is 19.9 Å². The number of anilines is 2. The van der Waals surface area contributed by atoms with Gasteiger partial charge in [-0.2, -0.15) is 0 Å². The fourth-order valence-corrected chi connectivity index (χ4v) is 5.16. The third kappa shape index (κ3) is 5.39. The summed E-state index contributed by atoms with van der Waals surface area (Å²) in [5.41, 5.74) is 2.43. The summed E-state index contributed by atoms with van der Waals surface area (Å²) in [6, 6.07) is 15.5. The maximum Gasteiger partial charge on any atom is 0.235 e. The Morgan fingerprint density at radius 2 is 2.03 bits per heavy atom. The van der Waals surface area contributed by atoms with Crippen LogP contribution >= 0.6 is 34.7 Å². The van der Waals surface area contributed by atoms with Gasteiger partial charge in [0, 0.05) is 35.1 Å². The van der Waals surface area contributed by atoms with Gasteiger partial charge in [-0.05, 0) is 67.9 Å². The van der Waals surface area contributed by atoms with Crippen LogP contribution in [0.2, 0.25) is 5.02 Å². The van der Waals surface area contributed by atoms with E-state index in [2.05, 4.69) is 26.7 Å². The summed E-state index contributed by atoms with van der Waals surface area (Å²) in [4.78, 5) is 21.3. The maximum absolute atomic E-state index is 12.4. The molecule has 5 rings (SSSR count). The van der Waals surface area contributed by atoms with E-state index < -0.39 is 4.75 Å². The lowest BCUT2D eigenvalue weighted by molar-refractivity contribution is -0.122. The molecule has 0 radical (unpaired) electrons. The summed E-state index contributed by atoms with van der Waals surface area (Å²) in [6.45, 7) is 4.91. The Balaban J connectivity index is 1.33. The molecule has 0 atom stereocenters. The van der Waals surface area contributed by atoms with Gasteiger partial charge in [0.05, 0.1) is 15.3 Å². The van der Waals surface area contributed by atoms with E-state index in [1.807, 2.05) is 78.7 Å². The van der Waals surface area contributed by atoms with Gasteiger partial charge in [0.2, 0.25) is 5.91 Å². The molecule has 2 N–H and O–H groups in total. The molecule has 1 amide bonds. The van der Waals surface area contributed by atoms with E-state index in [1.165, 1.54) is 18.1 Å². The number of ether oxygens (including phenoxy) is 1. The van der Waals surface area contributed by atoms with Crippen molar-refractivity contribution in [1.29, 1.82) is 0 Å². The topological polar surface area (TPSA) is 81.1 Å². The highest BCUT2D eigenvalue weighted by Crippen LogP contribution is 2.37. The molecule has 0 saturated heterocycles. The van der Waals surface area contributed by atoms with Gasteiger partial charge in [-0.3, -0.25) is 4.79 Å². The zero-order chi connectivity index (χ0) is 26.0. The van der Waals surface area contributed by atoms with E-state index in [9.17, 15) is 4.79 Å². The van der Waals surface area contributed by atoms with Crippen LogP contribution in [0.3, 0.4) is 0 Å². The highest BCUT2D eigenvalue weighted by molar-refractivity contribution is 8.00. The van der Waals surface area contributed by atoms with Crippen LogP contribution < -0.4 is 15.4 Å². The number of rotatable bonds is 9. The van der Waals surface area contributed by atoms with Gasteiger partial charge in [0.25, 0.3) is 0 Å². The van der Waals surface area contributed by atoms with Crippen LogP contribution in [-0.2, 0) is 11.3 Å². The predicted octanol–water partition coefficient (Wildman–Crippen LogP) is 7.09. The van der Waals surface area contributed by atoms with Crippen molar-refractivity contribution in [1.82, 2.24) is 19.9 Å². The second-order valence-corrected chi connectivity index (χ2v) is 11.7. The number of hydrogen-bond acceptors (Lipinski definition) is 7. The number of carbonyl (C=O) groups excluding carboxylic acids is 1. The third-order valence-electron chi connectivity index (χ3n) is 6.12. The Morgan fingerprint density at radius 3 is 2.84 bits per heavy atom. The van der Waals surface area contributed by atoms with Gasteiger partial charge in [-0.25, -0.2) is 9.97 Å². The average Bonchev–Trinajstić information content (AvgIpc) is 3.54. The van der Waals surface area contributed by atoms with Gasteiger partial charge in [-0.1, -0.05) is 17.7 Å². The first-order valence-electron chi connectivity index (χ1n) is 11.7. The molecule has 5 aromatic rings. The van der Waals surface area contributed by atoms with Crippen molar-refractivity contribution in [2.24, 2.45) is 0 Å². The number of carbonyl (C=O) groups is 1. The zero-order valence-corrected chi connectivity index (χ0v) is 23.0. The van der Waals surface area contributed by atoms with Crippen LogP contribution in [0, 0.1) is 0 Å². The molecule has 2 aromatic carbocycles. The molecule has 0 aliphatic carbocycles. The van der Waals surface area contributed by atoms with Crippen LogP contribution in [0.5, 0.6) is 11.5 Å². The second kappa shape index (κ2) is 10.6. The van der Waals surface area contributed by atoms with Crippen LogP contribution in [0.15, 0.2) is 66.4 Å². The lowest BCUT2D eigenvalue weighted by atomic mass is 10.2. The summed E-state index contributed by atoms with van der Waals surface area (Å²) in [6.07, 6.45) is 5.41. The molecular formula is C27H26ClN5O2S2. The van der Waals surface area contributed by atoms with Crippen molar-refractivity contribution in [3.05, 3.63) is 71.5 Å². The van der Waals surface area contributed by atoms with E-state index in [1.54, 1.807) is 11.3 Å². The third-order valence-corrected chi connectivity index (χ3v) is 8.50. The van der Waals surface area contributed by atoms with Crippen LogP contribution in [-0.4, -0.2) is 38.0 Å². The van der Waals surface area contributed by atoms with Gasteiger partial charge in [0.1, 0.15) is 23.3 Å². The maximum atomic E-state index is 12.4. The molecular weight excluding hydrogens is 526 g/mol. The lowest BCUT2D eigenvalue weighted by Crippen LogP contribution is -2.40. The summed E-state index contributed by atoms with van der Waals surface area (Å²) >= 11 is 9.80. The van der Waals surface area contributed by atoms with Crippen molar-refractivity contribution in [3.63, 3.8) is 0 Å². The number of nitrogens with one attached hydrogen (secondary N) is 2. The molecule has 0 aliphatic heterocycles. The number of aromatic nitrogens is 3. The fourth-order valence-electron chi connectivity index (χ4n) is 3.88. The Bertz CT molecular complexity index is 1580. The number of thiophene rings is 1. The second-order valence-electron chi connectivity index (χ2n) is 8.90. The molecule has 0 unspecified atom stereocenters. The molecule has 3 heterocycles. The SMILES string of the molecule is CSC(C)(C)C(=O)NCCn1ccc2ncnc(Nc3ccc(Oc4cccc5sccc45)c(Cl)c3)c21. The Hall–Kier alpha value is -3.27. The number of amides is 1. The summed E-state index contributed by atoms with van der Waals surface area (Å²) in [7, 11) is 0. The van der Waals surface area contributed by atoms with Gasteiger partial charge in [-0.15, -0.1) is 23.1 Å². The van der Waals surface area contributed by atoms with Crippen molar-refractivity contribution < 1.29 is 9.53 Å². The molecule has 190 valence electrons. The van der Waals surface area contributed by atoms with Crippen LogP contribution in [0.1, 0.15) is 13.8 Å². The predicted molar refractivity (Wildman–Crippen MR) is 155 cm³/mol. The zero-order valence-electron chi connectivity index (χ0n) is 20.6. The van der Waals surface area contributed by atoms with E-state index >= 15 is 0 Å². The van der Waals surface area contributed by atoms with Crippen molar-refractivity contribution in [3.8, 4) is 11.5 Å². The summed E-state index contributed by atoms with van der Waals surface area (Å²) in [5.74, 6) is 2.01.